The van der Waals surface area contributed by atoms with E-state index in [2.05, 4.69) is 6.07 Å². The second kappa shape index (κ2) is 8.79. The number of esters is 1. The van der Waals surface area contributed by atoms with E-state index >= 15 is 0 Å². The molecule has 0 bridgehead atoms. The minimum atomic E-state index is -0.494. The molecule has 2 aromatic rings. The molecule has 0 spiro atoms. The number of carbonyl (C=O) groups excluding carboxylic acids is 1. The van der Waals surface area contributed by atoms with Gasteiger partial charge in [-0.15, -0.1) is 0 Å². The molecule has 0 radical (unpaired) electrons. The van der Waals surface area contributed by atoms with Crippen LogP contribution in [0.1, 0.15) is 39.3 Å². The first-order valence-corrected chi connectivity index (χ1v) is 8.27. The molecule has 0 aromatic heterocycles. The second-order valence-corrected chi connectivity index (χ2v) is 6.10. The number of carbonyl (C=O) groups is 1. The summed E-state index contributed by atoms with van der Waals surface area (Å²) < 4.78 is 15.9. The molecule has 0 heterocycles. The largest absolute Gasteiger partial charge is 0.468 e. The van der Waals surface area contributed by atoms with E-state index in [1.807, 2.05) is 44.2 Å². The maximum atomic E-state index is 12.7. The van der Waals surface area contributed by atoms with Crippen molar-refractivity contribution in [1.29, 1.82) is 0 Å². The van der Waals surface area contributed by atoms with Crippen LogP contribution in [-0.4, -0.2) is 27.3 Å². The highest BCUT2D eigenvalue weighted by molar-refractivity contribution is 5.83. The number of hydrogen-bond acceptors (Lipinski definition) is 4. The molecule has 2 rings (SSSR count). The molecule has 0 amide bonds. The fourth-order valence-corrected chi connectivity index (χ4v) is 3.24. The molecule has 0 saturated carbocycles. The van der Waals surface area contributed by atoms with Crippen molar-refractivity contribution in [1.82, 2.24) is 0 Å². The van der Waals surface area contributed by atoms with Crippen molar-refractivity contribution in [3.8, 4) is 0 Å². The molecule has 1 unspecified atom stereocenters. The maximum Gasteiger partial charge on any atom is 0.317 e. The lowest BCUT2D eigenvalue weighted by Crippen LogP contribution is -2.20. The zero-order valence-corrected chi connectivity index (χ0v) is 15.6. The van der Waals surface area contributed by atoms with Gasteiger partial charge in [-0.2, -0.15) is 0 Å². The van der Waals surface area contributed by atoms with Gasteiger partial charge >= 0.3 is 5.97 Å². The molecule has 25 heavy (non-hydrogen) atoms. The first-order valence-electron chi connectivity index (χ1n) is 8.27. The number of benzene rings is 2. The second-order valence-electron chi connectivity index (χ2n) is 6.10. The minimum absolute atomic E-state index is 0.277. The third-order valence-corrected chi connectivity index (χ3v) is 4.55. The summed E-state index contributed by atoms with van der Waals surface area (Å²) in [6, 6.07) is 11.8. The number of ether oxygens (including phenoxy) is 3. The SMILES string of the molecule is COCc1cc(C)c(C)c(C(C(=O)OC)c2ccccc2)c1COC. The lowest BCUT2D eigenvalue weighted by Gasteiger charge is -2.25. The van der Waals surface area contributed by atoms with Gasteiger partial charge in [0.2, 0.25) is 0 Å². The highest BCUT2D eigenvalue weighted by Gasteiger charge is 2.29. The van der Waals surface area contributed by atoms with Crippen molar-refractivity contribution in [2.45, 2.75) is 33.0 Å². The molecule has 134 valence electrons. The fourth-order valence-electron chi connectivity index (χ4n) is 3.24. The molecule has 0 aliphatic rings. The van der Waals surface area contributed by atoms with Gasteiger partial charge in [-0.05, 0) is 47.2 Å². The highest BCUT2D eigenvalue weighted by atomic mass is 16.5. The van der Waals surface area contributed by atoms with Crippen molar-refractivity contribution in [3.63, 3.8) is 0 Å². The standard InChI is InChI=1S/C21H26O4/c1-14-11-17(12-23-3)18(13-24-4)19(15(14)2)20(21(22)25-5)16-9-7-6-8-10-16/h6-11,20H,12-13H2,1-5H3. The van der Waals surface area contributed by atoms with Crippen LogP contribution in [0.4, 0.5) is 0 Å². The molecular formula is C21H26O4. The molecule has 4 nitrogen and oxygen atoms in total. The Kier molecular flexibility index (Phi) is 6.73. The van der Waals surface area contributed by atoms with Crippen molar-refractivity contribution < 1.29 is 19.0 Å². The van der Waals surface area contributed by atoms with Gasteiger partial charge in [-0.25, -0.2) is 0 Å². The van der Waals surface area contributed by atoms with E-state index < -0.39 is 5.92 Å². The Morgan fingerprint density at radius 2 is 1.64 bits per heavy atom. The molecule has 0 aliphatic heterocycles. The average Bonchev–Trinajstić information content (AvgIpc) is 2.62. The van der Waals surface area contributed by atoms with Gasteiger partial charge in [0.25, 0.3) is 0 Å². The Balaban J connectivity index is 2.76. The maximum absolute atomic E-state index is 12.7. The highest BCUT2D eigenvalue weighted by Crippen LogP contribution is 2.35. The minimum Gasteiger partial charge on any atom is -0.468 e. The number of rotatable bonds is 7. The summed E-state index contributed by atoms with van der Waals surface area (Å²) in [6.45, 7) is 4.97. The zero-order chi connectivity index (χ0) is 18.4. The van der Waals surface area contributed by atoms with E-state index in [4.69, 9.17) is 14.2 Å². The van der Waals surface area contributed by atoms with Crippen LogP contribution >= 0.6 is 0 Å². The average molecular weight is 342 g/mol. The lowest BCUT2D eigenvalue weighted by molar-refractivity contribution is -0.141. The Morgan fingerprint density at radius 3 is 2.20 bits per heavy atom. The van der Waals surface area contributed by atoms with Crippen LogP contribution in [0, 0.1) is 13.8 Å². The van der Waals surface area contributed by atoms with E-state index in [1.165, 1.54) is 7.11 Å². The van der Waals surface area contributed by atoms with E-state index in [9.17, 15) is 4.79 Å². The van der Waals surface area contributed by atoms with Gasteiger partial charge in [0.15, 0.2) is 0 Å². The molecule has 0 N–H and O–H groups in total. The van der Waals surface area contributed by atoms with Crippen LogP contribution < -0.4 is 0 Å². The number of hydrogen-bond donors (Lipinski definition) is 0. The summed E-state index contributed by atoms with van der Waals surface area (Å²) in [4.78, 5) is 12.7. The zero-order valence-electron chi connectivity index (χ0n) is 15.6. The first kappa shape index (κ1) is 19.2. The Bertz CT molecular complexity index is 722. The van der Waals surface area contributed by atoms with Gasteiger partial charge in [-0.3, -0.25) is 4.79 Å². The van der Waals surface area contributed by atoms with Gasteiger partial charge in [0.05, 0.1) is 20.3 Å². The number of methoxy groups -OCH3 is 3. The van der Waals surface area contributed by atoms with Crippen LogP contribution in [0.2, 0.25) is 0 Å². The van der Waals surface area contributed by atoms with Crippen LogP contribution in [0.5, 0.6) is 0 Å². The van der Waals surface area contributed by atoms with Gasteiger partial charge in [0, 0.05) is 14.2 Å². The van der Waals surface area contributed by atoms with E-state index in [-0.39, 0.29) is 5.97 Å². The Labute approximate surface area is 149 Å². The van der Waals surface area contributed by atoms with Crippen molar-refractivity contribution in [3.05, 3.63) is 69.8 Å². The predicted molar refractivity (Wildman–Crippen MR) is 97.6 cm³/mol. The van der Waals surface area contributed by atoms with E-state index in [1.54, 1.807) is 14.2 Å². The summed E-state index contributed by atoms with van der Waals surface area (Å²) in [7, 11) is 4.75. The van der Waals surface area contributed by atoms with Crippen LogP contribution in [0.3, 0.4) is 0 Å². The molecule has 0 aliphatic carbocycles. The normalized spacial score (nSPS) is 12.0. The van der Waals surface area contributed by atoms with Crippen molar-refractivity contribution in [2.24, 2.45) is 0 Å². The summed E-state index contributed by atoms with van der Waals surface area (Å²) >= 11 is 0. The summed E-state index contributed by atoms with van der Waals surface area (Å²) in [5.41, 5.74) is 6.08. The lowest BCUT2D eigenvalue weighted by atomic mass is 9.82. The van der Waals surface area contributed by atoms with Crippen molar-refractivity contribution >= 4 is 5.97 Å². The summed E-state index contributed by atoms with van der Waals surface area (Å²) in [5.74, 6) is -0.771. The monoisotopic (exact) mass is 342 g/mol. The molecule has 1 atom stereocenters. The van der Waals surface area contributed by atoms with E-state index in [0.717, 1.165) is 33.4 Å². The van der Waals surface area contributed by atoms with E-state index in [0.29, 0.717) is 13.2 Å². The molecular weight excluding hydrogens is 316 g/mol. The topological polar surface area (TPSA) is 44.8 Å². The van der Waals surface area contributed by atoms with Gasteiger partial charge < -0.3 is 14.2 Å². The molecule has 4 heteroatoms. The Morgan fingerprint density at radius 1 is 1.00 bits per heavy atom. The molecule has 0 saturated heterocycles. The molecule has 2 aromatic carbocycles. The third-order valence-electron chi connectivity index (χ3n) is 4.55. The predicted octanol–water partition coefficient (Wildman–Crippen LogP) is 3.90. The quantitative estimate of drug-likeness (QED) is 0.716. The van der Waals surface area contributed by atoms with Crippen LogP contribution in [0.25, 0.3) is 0 Å². The fraction of sp³-hybridized carbons (Fsp3) is 0.381. The first-order chi connectivity index (χ1) is 12.0. The summed E-state index contributed by atoms with van der Waals surface area (Å²) in [5, 5.41) is 0. The smallest absolute Gasteiger partial charge is 0.317 e. The Hall–Kier alpha value is -2.17. The van der Waals surface area contributed by atoms with Crippen molar-refractivity contribution in [2.75, 3.05) is 21.3 Å². The summed E-state index contributed by atoms with van der Waals surface area (Å²) in [6.07, 6.45) is 0. The van der Waals surface area contributed by atoms with Gasteiger partial charge in [-0.1, -0.05) is 36.4 Å². The van der Waals surface area contributed by atoms with Crippen LogP contribution in [0.15, 0.2) is 36.4 Å². The number of aryl methyl sites for hydroxylation is 1. The van der Waals surface area contributed by atoms with Crippen LogP contribution in [-0.2, 0) is 32.2 Å². The van der Waals surface area contributed by atoms with Gasteiger partial charge in [0.1, 0.15) is 5.92 Å². The third kappa shape index (κ3) is 4.09. The molecule has 0 fully saturated rings.